The molecule has 29 heavy (non-hydrogen) atoms. The van der Waals surface area contributed by atoms with Gasteiger partial charge >= 0.3 is 12.0 Å². The molecule has 0 aromatic heterocycles. The molecule has 7 nitrogen and oxygen atoms in total. The molecule has 0 saturated carbocycles. The van der Waals surface area contributed by atoms with Crippen molar-refractivity contribution in [1.29, 1.82) is 0 Å². The number of esters is 1. The van der Waals surface area contributed by atoms with Gasteiger partial charge in [0, 0.05) is 16.3 Å². The predicted molar refractivity (Wildman–Crippen MR) is 108 cm³/mol. The number of hydrogen-bond acceptors (Lipinski definition) is 5. The number of hydrogen-bond donors (Lipinski definition) is 2. The van der Waals surface area contributed by atoms with Crippen LogP contribution < -0.4 is 20.1 Å². The van der Waals surface area contributed by atoms with Crippen molar-refractivity contribution in [3.63, 3.8) is 0 Å². The molecule has 0 unspecified atom stereocenters. The summed E-state index contributed by atoms with van der Waals surface area (Å²) in [6.07, 6.45) is 0. The summed E-state index contributed by atoms with van der Waals surface area (Å²) in [5.74, 6) is 0.351. The fraction of sp³-hybridized carbons (Fsp3) is 0.238. The summed E-state index contributed by atoms with van der Waals surface area (Å²) in [4.78, 5) is 24.5. The molecule has 2 amide bonds. The van der Waals surface area contributed by atoms with Crippen LogP contribution in [0.15, 0.2) is 53.7 Å². The zero-order valence-corrected chi connectivity index (χ0v) is 17.0. The largest absolute Gasteiger partial charge is 0.493 e. The molecule has 2 aromatic carbocycles. The lowest BCUT2D eigenvalue weighted by Crippen LogP contribution is -2.45. The zero-order chi connectivity index (χ0) is 21.0. The van der Waals surface area contributed by atoms with Crippen LogP contribution in [0.3, 0.4) is 0 Å². The molecule has 3 rings (SSSR count). The van der Waals surface area contributed by atoms with Gasteiger partial charge in [-0.3, -0.25) is 0 Å². The molecular weight excluding hydrogens is 396 g/mol. The third-order valence-corrected chi connectivity index (χ3v) is 4.76. The number of carbonyl (C=O) groups excluding carboxylic acids is 2. The van der Waals surface area contributed by atoms with E-state index < -0.39 is 18.0 Å². The number of methoxy groups -OCH3 is 2. The first kappa shape index (κ1) is 20.5. The molecule has 0 fully saturated rings. The lowest BCUT2D eigenvalue weighted by molar-refractivity contribution is -0.136. The van der Waals surface area contributed by atoms with E-state index in [0.29, 0.717) is 27.8 Å². The Morgan fingerprint density at radius 1 is 1.14 bits per heavy atom. The van der Waals surface area contributed by atoms with Gasteiger partial charge in [-0.1, -0.05) is 35.9 Å². The quantitative estimate of drug-likeness (QED) is 0.701. The van der Waals surface area contributed by atoms with Gasteiger partial charge in [-0.25, -0.2) is 9.59 Å². The van der Waals surface area contributed by atoms with Gasteiger partial charge in [0.15, 0.2) is 11.5 Å². The van der Waals surface area contributed by atoms with Crippen molar-refractivity contribution in [2.24, 2.45) is 0 Å². The standard InChI is InChI=1S/C21H21ClN2O5/c1-12-17(20(25)28-3)18(24-21(26)23-12)15-5-4-6-16(27-2)19(15)29-11-13-7-9-14(22)10-8-13/h4-10,18H,11H2,1-3H3,(H2,23,24,26)/t18-/m0/s1. The minimum atomic E-state index is -0.758. The van der Waals surface area contributed by atoms with Crippen molar-refractivity contribution in [2.45, 2.75) is 19.6 Å². The summed E-state index contributed by atoms with van der Waals surface area (Å²) in [6, 6.07) is 11.4. The van der Waals surface area contributed by atoms with Crippen LogP contribution in [0.2, 0.25) is 5.02 Å². The average Bonchev–Trinajstić information content (AvgIpc) is 2.72. The maximum Gasteiger partial charge on any atom is 0.337 e. The van der Waals surface area contributed by atoms with E-state index in [0.717, 1.165) is 5.56 Å². The number of halogens is 1. The third-order valence-electron chi connectivity index (χ3n) is 4.51. The van der Waals surface area contributed by atoms with Crippen LogP contribution in [-0.2, 0) is 16.1 Å². The van der Waals surface area contributed by atoms with Gasteiger partial charge in [0.1, 0.15) is 6.61 Å². The number of urea groups is 1. The van der Waals surface area contributed by atoms with Crippen molar-refractivity contribution in [3.8, 4) is 11.5 Å². The molecule has 1 aliphatic heterocycles. The number of amides is 2. The fourth-order valence-corrected chi connectivity index (χ4v) is 3.25. The second kappa shape index (κ2) is 8.87. The molecule has 2 aromatic rings. The van der Waals surface area contributed by atoms with E-state index in [1.54, 1.807) is 37.3 Å². The number of ether oxygens (including phenoxy) is 3. The van der Waals surface area contributed by atoms with E-state index in [9.17, 15) is 9.59 Å². The van der Waals surface area contributed by atoms with Crippen LogP contribution in [0.4, 0.5) is 4.79 Å². The summed E-state index contributed by atoms with van der Waals surface area (Å²) in [6.45, 7) is 1.89. The molecule has 0 radical (unpaired) electrons. The highest BCUT2D eigenvalue weighted by atomic mass is 35.5. The smallest absolute Gasteiger partial charge is 0.337 e. The number of para-hydroxylation sites is 1. The lowest BCUT2D eigenvalue weighted by atomic mass is 9.94. The number of nitrogens with one attached hydrogen (secondary N) is 2. The van der Waals surface area contributed by atoms with E-state index in [2.05, 4.69) is 10.6 Å². The highest BCUT2D eigenvalue weighted by molar-refractivity contribution is 6.30. The SMILES string of the molecule is COC(=O)C1=C(C)NC(=O)N[C@H]1c1cccc(OC)c1OCc1ccc(Cl)cc1. The van der Waals surface area contributed by atoms with Crippen molar-refractivity contribution in [2.75, 3.05) is 14.2 Å². The lowest BCUT2D eigenvalue weighted by Gasteiger charge is -2.29. The summed E-state index contributed by atoms with van der Waals surface area (Å²) in [7, 11) is 2.82. The Hall–Kier alpha value is -3.19. The Balaban J connectivity index is 2.01. The summed E-state index contributed by atoms with van der Waals surface area (Å²) in [5.41, 5.74) is 2.18. The van der Waals surface area contributed by atoms with Crippen molar-refractivity contribution >= 4 is 23.6 Å². The predicted octanol–water partition coefficient (Wildman–Crippen LogP) is 3.73. The Labute approximate surface area is 173 Å². The Morgan fingerprint density at radius 2 is 1.86 bits per heavy atom. The van der Waals surface area contributed by atoms with Gasteiger partial charge in [0.05, 0.1) is 25.8 Å². The highest BCUT2D eigenvalue weighted by Gasteiger charge is 2.34. The van der Waals surface area contributed by atoms with E-state index in [1.165, 1.54) is 14.2 Å². The first-order chi connectivity index (χ1) is 13.9. The topological polar surface area (TPSA) is 85.9 Å². The van der Waals surface area contributed by atoms with Crippen LogP contribution in [0, 0.1) is 0 Å². The first-order valence-electron chi connectivity index (χ1n) is 8.85. The summed E-state index contributed by atoms with van der Waals surface area (Å²) < 4.78 is 16.4. The third kappa shape index (κ3) is 4.46. The number of rotatable bonds is 6. The van der Waals surface area contributed by atoms with Crippen molar-refractivity contribution in [1.82, 2.24) is 10.6 Å². The zero-order valence-electron chi connectivity index (χ0n) is 16.2. The molecule has 0 bridgehead atoms. The van der Waals surface area contributed by atoms with E-state index >= 15 is 0 Å². The van der Waals surface area contributed by atoms with E-state index in [-0.39, 0.29) is 12.2 Å². The first-order valence-corrected chi connectivity index (χ1v) is 9.23. The maximum atomic E-state index is 12.4. The second-order valence-electron chi connectivity index (χ2n) is 6.36. The molecule has 0 aliphatic carbocycles. The van der Waals surface area contributed by atoms with Crippen molar-refractivity contribution < 1.29 is 23.8 Å². The number of allylic oxidation sites excluding steroid dienone is 1. The molecule has 1 aliphatic rings. The molecular formula is C21H21ClN2O5. The summed E-state index contributed by atoms with van der Waals surface area (Å²) >= 11 is 5.93. The molecule has 2 N–H and O–H groups in total. The highest BCUT2D eigenvalue weighted by Crippen LogP contribution is 2.39. The molecule has 152 valence electrons. The van der Waals surface area contributed by atoms with Gasteiger partial charge in [-0.2, -0.15) is 0 Å². The molecule has 1 heterocycles. The Bertz CT molecular complexity index is 956. The van der Waals surface area contributed by atoms with Gasteiger partial charge in [0.2, 0.25) is 0 Å². The van der Waals surface area contributed by atoms with Crippen LogP contribution in [0.25, 0.3) is 0 Å². The number of benzene rings is 2. The van der Waals surface area contributed by atoms with Crippen LogP contribution in [0.1, 0.15) is 24.1 Å². The minimum Gasteiger partial charge on any atom is -0.493 e. The normalized spacial score (nSPS) is 16.0. The van der Waals surface area contributed by atoms with E-state index in [1.807, 2.05) is 12.1 Å². The Kier molecular flexibility index (Phi) is 6.29. The molecule has 8 heteroatoms. The summed E-state index contributed by atoms with van der Waals surface area (Å²) in [5, 5.41) is 6.00. The van der Waals surface area contributed by atoms with Crippen molar-refractivity contribution in [3.05, 3.63) is 69.9 Å². The maximum absolute atomic E-state index is 12.4. The van der Waals surface area contributed by atoms with Crippen LogP contribution in [0.5, 0.6) is 11.5 Å². The minimum absolute atomic E-state index is 0.250. The fourth-order valence-electron chi connectivity index (χ4n) is 3.12. The number of carbonyl (C=O) groups is 2. The molecule has 0 spiro atoms. The van der Waals surface area contributed by atoms with Gasteiger partial charge in [0.25, 0.3) is 0 Å². The van der Waals surface area contributed by atoms with Gasteiger partial charge < -0.3 is 24.8 Å². The average molecular weight is 417 g/mol. The van der Waals surface area contributed by atoms with Gasteiger partial charge in [-0.15, -0.1) is 0 Å². The second-order valence-corrected chi connectivity index (χ2v) is 6.79. The monoisotopic (exact) mass is 416 g/mol. The Morgan fingerprint density at radius 3 is 2.52 bits per heavy atom. The van der Waals surface area contributed by atoms with Crippen LogP contribution in [-0.4, -0.2) is 26.2 Å². The van der Waals surface area contributed by atoms with E-state index in [4.69, 9.17) is 25.8 Å². The molecule has 0 saturated heterocycles. The molecule has 1 atom stereocenters. The van der Waals surface area contributed by atoms with Gasteiger partial charge in [-0.05, 0) is 30.7 Å². The van der Waals surface area contributed by atoms with Crippen LogP contribution >= 0.6 is 11.6 Å².